The van der Waals surface area contributed by atoms with Crippen LogP contribution in [-0.4, -0.2) is 18.7 Å². The van der Waals surface area contributed by atoms with Gasteiger partial charge >= 0.3 is 0 Å². The average molecular weight is 218 g/mol. The molecular formula is C10H18O3S. The maximum Gasteiger partial charge on any atom is 0.264 e. The van der Waals surface area contributed by atoms with Gasteiger partial charge in [0, 0.05) is 0 Å². The second kappa shape index (κ2) is 5.51. The largest absolute Gasteiger partial charge is 0.286 e. The van der Waals surface area contributed by atoms with Crippen LogP contribution in [0.1, 0.15) is 38.5 Å². The summed E-state index contributed by atoms with van der Waals surface area (Å²) in [6.45, 7) is 0. The van der Waals surface area contributed by atoms with Gasteiger partial charge in [-0.3, -0.25) is 4.55 Å². The molecule has 0 aromatic heterocycles. The molecule has 0 fully saturated rings. The summed E-state index contributed by atoms with van der Waals surface area (Å²) in [4.78, 5) is 0. The molecule has 1 unspecified atom stereocenters. The Bertz CT molecular complexity index is 280. The Hall–Kier alpha value is -0.350. The second-order valence-electron chi connectivity index (χ2n) is 3.93. The number of unbranched alkanes of at least 4 members (excludes halogenated alkanes) is 1. The van der Waals surface area contributed by atoms with Crippen LogP contribution in [0.4, 0.5) is 0 Å². The van der Waals surface area contributed by atoms with Crippen LogP contribution < -0.4 is 0 Å². The molecule has 14 heavy (non-hydrogen) atoms. The van der Waals surface area contributed by atoms with Gasteiger partial charge in [-0.15, -0.1) is 0 Å². The highest BCUT2D eigenvalue weighted by molar-refractivity contribution is 7.85. The van der Waals surface area contributed by atoms with Crippen LogP contribution in [0.15, 0.2) is 12.2 Å². The topological polar surface area (TPSA) is 54.4 Å². The van der Waals surface area contributed by atoms with Gasteiger partial charge in [0.05, 0.1) is 5.75 Å². The van der Waals surface area contributed by atoms with Gasteiger partial charge in [-0.25, -0.2) is 0 Å². The van der Waals surface area contributed by atoms with Crippen LogP contribution in [0.25, 0.3) is 0 Å². The molecule has 1 rings (SSSR count). The minimum absolute atomic E-state index is 0.0877. The molecule has 1 N–H and O–H groups in total. The number of allylic oxidation sites excluding steroid dienone is 2. The molecule has 0 aliphatic heterocycles. The first-order valence-electron chi connectivity index (χ1n) is 5.18. The summed E-state index contributed by atoms with van der Waals surface area (Å²) in [5.41, 5.74) is 0. The zero-order valence-electron chi connectivity index (χ0n) is 8.35. The maximum atomic E-state index is 10.4. The predicted molar refractivity (Wildman–Crippen MR) is 56.7 cm³/mol. The molecule has 82 valence electrons. The van der Waals surface area contributed by atoms with Crippen LogP contribution >= 0.6 is 0 Å². The maximum absolute atomic E-state index is 10.4. The molecule has 0 spiro atoms. The van der Waals surface area contributed by atoms with Crippen LogP contribution in [0, 0.1) is 5.92 Å². The number of hydrogen-bond acceptors (Lipinski definition) is 2. The smallest absolute Gasteiger partial charge is 0.264 e. The molecule has 0 saturated carbocycles. The highest BCUT2D eigenvalue weighted by Gasteiger charge is 2.10. The van der Waals surface area contributed by atoms with Crippen molar-refractivity contribution in [3.05, 3.63) is 12.2 Å². The van der Waals surface area contributed by atoms with Crippen LogP contribution in [0.2, 0.25) is 0 Å². The van der Waals surface area contributed by atoms with Crippen molar-refractivity contribution in [3.8, 4) is 0 Å². The third-order valence-corrected chi connectivity index (χ3v) is 3.45. The lowest BCUT2D eigenvalue weighted by Crippen LogP contribution is -2.06. The lowest BCUT2D eigenvalue weighted by molar-refractivity contribution is 0.426. The van der Waals surface area contributed by atoms with E-state index in [1.807, 2.05) is 0 Å². The molecule has 0 saturated heterocycles. The molecule has 0 bridgehead atoms. The minimum atomic E-state index is -3.74. The van der Waals surface area contributed by atoms with Gasteiger partial charge in [-0.1, -0.05) is 25.0 Å². The van der Waals surface area contributed by atoms with Crippen molar-refractivity contribution >= 4 is 10.1 Å². The van der Waals surface area contributed by atoms with E-state index in [9.17, 15) is 8.42 Å². The summed E-state index contributed by atoms with van der Waals surface area (Å²) in [6, 6.07) is 0. The normalized spacial score (nSPS) is 22.5. The summed E-state index contributed by atoms with van der Waals surface area (Å²) in [5, 5.41) is 0. The Kier molecular flexibility index (Phi) is 4.62. The van der Waals surface area contributed by atoms with E-state index >= 15 is 0 Å². The van der Waals surface area contributed by atoms with E-state index in [0.29, 0.717) is 6.42 Å². The molecule has 1 aliphatic carbocycles. The first-order chi connectivity index (χ1) is 6.58. The van der Waals surface area contributed by atoms with E-state index in [-0.39, 0.29) is 5.75 Å². The van der Waals surface area contributed by atoms with Crippen molar-refractivity contribution in [1.29, 1.82) is 0 Å². The van der Waals surface area contributed by atoms with Crippen molar-refractivity contribution in [2.45, 2.75) is 38.5 Å². The van der Waals surface area contributed by atoms with E-state index in [1.54, 1.807) is 0 Å². The van der Waals surface area contributed by atoms with E-state index < -0.39 is 10.1 Å². The van der Waals surface area contributed by atoms with Crippen LogP contribution in [0.5, 0.6) is 0 Å². The lowest BCUT2D eigenvalue weighted by atomic mass is 9.90. The van der Waals surface area contributed by atoms with Crippen molar-refractivity contribution in [2.75, 3.05) is 5.75 Å². The monoisotopic (exact) mass is 218 g/mol. The zero-order valence-corrected chi connectivity index (χ0v) is 9.17. The summed E-state index contributed by atoms with van der Waals surface area (Å²) in [7, 11) is -3.74. The fourth-order valence-corrected chi connectivity index (χ4v) is 2.40. The fourth-order valence-electron chi connectivity index (χ4n) is 1.84. The highest BCUT2D eigenvalue weighted by atomic mass is 32.2. The Balaban J connectivity index is 2.07. The Morgan fingerprint density at radius 2 is 2.07 bits per heavy atom. The minimum Gasteiger partial charge on any atom is -0.286 e. The summed E-state index contributed by atoms with van der Waals surface area (Å²) >= 11 is 0. The molecule has 0 radical (unpaired) electrons. The highest BCUT2D eigenvalue weighted by Crippen LogP contribution is 2.23. The number of hydrogen-bond donors (Lipinski definition) is 1. The van der Waals surface area contributed by atoms with Gasteiger partial charge in [-0.05, 0) is 31.6 Å². The van der Waals surface area contributed by atoms with Crippen LogP contribution in [0.3, 0.4) is 0 Å². The third kappa shape index (κ3) is 5.40. The third-order valence-electron chi connectivity index (χ3n) is 2.64. The molecule has 1 atom stereocenters. The molecule has 4 heteroatoms. The van der Waals surface area contributed by atoms with Gasteiger partial charge in [0.25, 0.3) is 10.1 Å². The first-order valence-corrected chi connectivity index (χ1v) is 6.79. The SMILES string of the molecule is O=S(=O)(O)CCCCC1CC=CCC1. The van der Waals surface area contributed by atoms with Crippen molar-refractivity contribution in [3.63, 3.8) is 0 Å². The molecule has 3 nitrogen and oxygen atoms in total. The molecule has 0 amide bonds. The molecule has 1 aliphatic rings. The van der Waals surface area contributed by atoms with Crippen molar-refractivity contribution in [1.82, 2.24) is 0 Å². The van der Waals surface area contributed by atoms with E-state index in [0.717, 1.165) is 31.6 Å². The van der Waals surface area contributed by atoms with Crippen LogP contribution in [-0.2, 0) is 10.1 Å². The van der Waals surface area contributed by atoms with E-state index in [2.05, 4.69) is 12.2 Å². The van der Waals surface area contributed by atoms with Gasteiger partial charge in [0.1, 0.15) is 0 Å². The predicted octanol–water partition coefficient (Wildman–Crippen LogP) is 2.40. The standard InChI is InChI=1S/C10H18O3S/c11-14(12,13)9-5-4-8-10-6-2-1-3-7-10/h1-2,10H,3-9H2,(H,11,12,13). The van der Waals surface area contributed by atoms with E-state index in [1.165, 1.54) is 6.42 Å². The van der Waals surface area contributed by atoms with Gasteiger partial charge in [-0.2, -0.15) is 8.42 Å². The Labute approximate surface area is 86.0 Å². The summed E-state index contributed by atoms with van der Waals surface area (Å²) < 4.78 is 29.4. The first kappa shape index (κ1) is 11.7. The molecular weight excluding hydrogens is 200 g/mol. The number of rotatable bonds is 5. The lowest BCUT2D eigenvalue weighted by Gasteiger charge is -2.16. The van der Waals surface area contributed by atoms with Gasteiger partial charge in [0.2, 0.25) is 0 Å². The zero-order chi connectivity index (χ0) is 10.4. The second-order valence-corrected chi connectivity index (χ2v) is 5.50. The summed E-state index contributed by atoms with van der Waals surface area (Å²) in [5.74, 6) is 0.636. The Morgan fingerprint density at radius 3 is 2.64 bits per heavy atom. The quantitative estimate of drug-likeness (QED) is 0.438. The van der Waals surface area contributed by atoms with Gasteiger partial charge < -0.3 is 0 Å². The van der Waals surface area contributed by atoms with Gasteiger partial charge in [0.15, 0.2) is 0 Å². The molecule has 0 heterocycles. The fraction of sp³-hybridized carbons (Fsp3) is 0.800. The Morgan fingerprint density at radius 1 is 1.29 bits per heavy atom. The van der Waals surface area contributed by atoms with Crippen molar-refractivity contribution in [2.24, 2.45) is 5.92 Å². The van der Waals surface area contributed by atoms with Crippen molar-refractivity contribution < 1.29 is 13.0 Å². The average Bonchev–Trinajstić information content (AvgIpc) is 2.13. The summed E-state index contributed by atoms with van der Waals surface area (Å²) in [6.07, 6.45) is 10.5. The molecule has 0 aromatic rings. The van der Waals surface area contributed by atoms with E-state index in [4.69, 9.17) is 4.55 Å². The molecule has 0 aromatic carbocycles.